The number of carbonyl (C=O) groups excluding carboxylic acids is 1. The summed E-state index contributed by atoms with van der Waals surface area (Å²) in [5.74, 6) is 0.834. The van der Waals surface area contributed by atoms with Gasteiger partial charge in [0.2, 0.25) is 0 Å². The number of esters is 1. The molecule has 0 aromatic heterocycles. The van der Waals surface area contributed by atoms with Gasteiger partial charge in [0.05, 0.1) is 6.61 Å². The molecule has 1 unspecified atom stereocenters. The van der Waals surface area contributed by atoms with Crippen LogP contribution >= 0.6 is 21.1 Å². The highest BCUT2D eigenvalue weighted by Gasteiger charge is 2.23. The minimum atomic E-state index is -0.564. The van der Waals surface area contributed by atoms with Crippen molar-refractivity contribution in [3.8, 4) is 0 Å². The van der Waals surface area contributed by atoms with Crippen LogP contribution in [0.3, 0.4) is 0 Å². The largest absolute Gasteiger partial charge is 0.458 e. The predicted molar refractivity (Wildman–Crippen MR) is 114 cm³/mol. The minimum absolute atomic E-state index is 0.134. The predicted octanol–water partition coefficient (Wildman–Crippen LogP) is 5.72. The fraction of sp³-hybridized carbons (Fsp3) is 0.619. The number of hydrogen-bond acceptors (Lipinski definition) is 3. The van der Waals surface area contributed by atoms with Gasteiger partial charge < -0.3 is 7.80 Å². The highest BCUT2D eigenvalue weighted by molar-refractivity contribution is 14.2. The Bertz CT molecular complexity index is 527. The van der Waals surface area contributed by atoms with Crippen LogP contribution in [0.25, 0.3) is 0 Å². The summed E-state index contributed by atoms with van der Waals surface area (Å²) < 4.78 is 13.0. The molecule has 0 fully saturated rings. The minimum Gasteiger partial charge on any atom is -0.458 e. The van der Waals surface area contributed by atoms with Crippen molar-refractivity contribution in [1.82, 2.24) is 0 Å². The summed E-state index contributed by atoms with van der Waals surface area (Å²) in [5.41, 5.74) is 1.33. The van der Waals surface area contributed by atoms with E-state index >= 15 is 0 Å². The molecular formula is C21H33IO3. The van der Waals surface area contributed by atoms with Crippen molar-refractivity contribution in [3.05, 3.63) is 35.9 Å². The van der Waals surface area contributed by atoms with Gasteiger partial charge in [0.1, 0.15) is 6.10 Å². The average Bonchev–Trinajstić information content (AvgIpc) is 2.64. The number of carbonyl (C=O) groups is 1. The van der Waals surface area contributed by atoms with Crippen LogP contribution in [0.5, 0.6) is 0 Å². The zero-order valence-corrected chi connectivity index (χ0v) is 18.4. The lowest BCUT2D eigenvalue weighted by atomic mass is 9.92. The Morgan fingerprint density at radius 3 is 2.32 bits per heavy atom. The van der Waals surface area contributed by atoms with Crippen molar-refractivity contribution in [3.63, 3.8) is 0 Å². The third-order valence-corrected chi connectivity index (χ3v) is 7.32. The standard InChI is InChI=1S/C21H33IO3/c1-6-16(4)15-24-22-21(17(5)25-20(23)8-3)19(7-2)14-18-12-10-9-11-13-18/h9-13,16-17,19H,6-8,14-15H2,1-5H3/t16?,17-,19+/m0/s1. The zero-order valence-electron chi connectivity index (χ0n) is 16.3. The molecule has 142 valence electrons. The molecule has 0 spiro atoms. The lowest BCUT2D eigenvalue weighted by Gasteiger charge is -2.24. The van der Waals surface area contributed by atoms with Gasteiger partial charge in [-0.1, -0.05) is 64.4 Å². The Hall–Kier alpha value is -0.750. The molecule has 0 aliphatic carbocycles. The molecule has 0 N–H and O–H groups in total. The smallest absolute Gasteiger partial charge is 0.306 e. The van der Waals surface area contributed by atoms with Crippen molar-refractivity contribution >= 4 is 30.6 Å². The van der Waals surface area contributed by atoms with Gasteiger partial charge in [0.25, 0.3) is 0 Å². The van der Waals surface area contributed by atoms with Crippen molar-refractivity contribution in [2.45, 2.75) is 66.4 Å². The topological polar surface area (TPSA) is 35.5 Å². The molecule has 0 aliphatic heterocycles. The van der Waals surface area contributed by atoms with E-state index in [0.29, 0.717) is 18.3 Å². The van der Waals surface area contributed by atoms with Gasteiger partial charge in [-0.25, -0.2) is 0 Å². The number of ether oxygens (including phenoxy) is 1. The summed E-state index contributed by atoms with van der Waals surface area (Å²) in [4.78, 5) is 11.8. The Balaban J connectivity index is 2.92. The second-order valence-electron chi connectivity index (χ2n) is 6.53. The Labute approximate surface area is 163 Å². The van der Waals surface area contributed by atoms with Crippen LogP contribution in [0.15, 0.2) is 30.3 Å². The summed E-state index contributed by atoms with van der Waals surface area (Å²) in [5, 5.41) is 0. The summed E-state index contributed by atoms with van der Waals surface area (Å²) in [6.07, 6.45) is 3.39. The molecule has 0 radical (unpaired) electrons. The second-order valence-corrected chi connectivity index (χ2v) is 8.84. The first kappa shape index (κ1) is 22.3. The van der Waals surface area contributed by atoms with Crippen molar-refractivity contribution in [2.75, 3.05) is 6.61 Å². The first-order valence-electron chi connectivity index (χ1n) is 9.38. The molecule has 1 aromatic carbocycles. The fourth-order valence-electron chi connectivity index (χ4n) is 2.45. The van der Waals surface area contributed by atoms with Gasteiger partial charge >= 0.3 is 5.97 Å². The fourth-order valence-corrected chi connectivity index (χ4v) is 5.11. The Kier molecular flexibility index (Phi) is 11.2. The molecular weight excluding hydrogens is 427 g/mol. The maximum absolute atomic E-state index is 11.8. The lowest BCUT2D eigenvalue weighted by molar-refractivity contribution is -0.144. The second kappa shape index (κ2) is 12.6. The third-order valence-electron chi connectivity index (χ3n) is 4.38. The monoisotopic (exact) mass is 460 g/mol. The van der Waals surface area contributed by atoms with Crippen LogP contribution in [-0.2, 0) is 19.0 Å². The first-order chi connectivity index (χ1) is 12.0. The van der Waals surface area contributed by atoms with E-state index in [2.05, 4.69) is 45.0 Å². The van der Waals surface area contributed by atoms with Gasteiger partial charge in [0.15, 0.2) is 0 Å². The molecule has 0 saturated carbocycles. The highest BCUT2D eigenvalue weighted by atomic mass is 127. The molecule has 3 atom stereocenters. The number of hydrogen-bond donors (Lipinski definition) is 0. The van der Waals surface area contributed by atoms with Crippen LogP contribution in [0.2, 0.25) is 0 Å². The summed E-state index contributed by atoms with van der Waals surface area (Å²) in [7, 11) is 0. The van der Waals surface area contributed by atoms with E-state index in [1.807, 2.05) is 19.9 Å². The first-order valence-corrected chi connectivity index (χ1v) is 11.3. The number of rotatable bonds is 11. The SMILES string of the molecule is CCC(=O)O[C@@H](C)C(=IOCC(C)CC)[C@H](CC)Cc1ccccc1. The molecule has 0 aliphatic rings. The van der Waals surface area contributed by atoms with Crippen LogP contribution in [0, 0.1) is 11.8 Å². The zero-order chi connectivity index (χ0) is 18.7. The van der Waals surface area contributed by atoms with Gasteiger partial charge in [-0.05, 0) is 37.2 Å². The van der Waals surface area contributed by atoms with Gasteiger partial charge in [0, 0.05) is 31.1 Å². The molecule has 25 heavy (non-hydrogen) atoms. The molecule has 4 heteroatoms. The summed E-state index contributed by atoms with van der Waals surface area (Å²) in [6, 6.07) is 10.5. The molecule has 1 rings (SSSR count). The van der Waals surface area contributed by atoms with Crippen LogP contribution in [-0.4, -0.2) is 22.2 Å². The maximum Gasteiger partial charge on any atom is 0.306 e. The van der Waals surface area contributed by atoms with Crippen molar-refractivity contribution in [1.29, 1.82) is 0 Å². The van der Waals surface area contributed by atoms with E-state index < -0.39 is 21.1 Å². The summed E-state index contributed by atoms with van der Waals surface area (Å²) in [6.45, 7) is 11.2. The number of benzene rings is 1. The average molecular weight is 460 g/mol. The lowest BCUT2D eigenvalue weighted by Crippen LogP contribution is -2.30. The van der Waals surface area contributed by atoms with Gasteiger partial charge in [-0.3, -0.25) is 4.79 Å². The normalized spacial score (nSPS) is 15.8. The van der Waals surface area contributed by atoms with E-state index in [1.165, 1.54) is 9.07 Å². The van der Waals surface area contributed by atoms with Crippen molar-refractivity contribution < 1.29 is 12.6 Å². The van der Waals surface area contributed by atoms with Crippen molar-refractivity contribution in [2.24, 2.45) is 11.8 Å². The quantitative estimate of drug-likeness (QED) is 0.313. The molecule has 0 amide bonds. The van der Waals surface area contributed by atoms with Gasteiger partial charge in [-0.2, -0.15) is 0 Å². The highest BCUT2D eigenvalue weighted by Crippen LogP contribution is 2.24. The van der Waals surface area contributed by atoms with Crippen LogP contribution < -0.4 is 0 Å². The molecule has 0 bridgehead atoms. The maximum atomic E-state index is 11.8. The van der Waals surface area contributed by atoms with E-state index in [4.69, 9.17) is 7.80 Å². The summed E-state index contributed by atoms with van der Waals surface area (Å²) >= 11 is -0.564. The Morgan fingerprint density at radius 2 is 1.76 bits per heavy atom. The van der Waals surface area contributed by atoms with Crippen LogP contribution in [0.1, 0.15) is 59.4 Å². The van der Waals surface area contributed by atoms with E-state index in [1.54, 1.807) is 0 Å². The molecule has 0 saturated heterocycles. The molecule has 0 heterocycles. The molecule has 1 aromatic rings. The van der Waals surface area contributed by atoms with E-state index in [0.717, 1.165) is 25.9 Å². The van der Waals surface area contributed by atoms with E-state index in [-0.39, 0.29) is 12.1 Å². The van der Waals surface area contributed by atoms with E-state index in [9.17, 15) is 4.79 Å². The van der Waals surface area contributed by atoms with Gasteiger partial charge in [-0.15, -0.1) is 0 Å². The molecule has 3 nitrogen and oxygen atoms in total. The van der Waals surface area contributed by atoms with Crippen LogP contribution in [0.4, 0.5) is 0 Å². The number of halogens is 1. The third kappa shape index (κ3) is 8.45. The Morgan fingerprint density at radius 1 is 1.08 bits per heavy atom.